The Morgan fingerprint density at radius 3 is 2.42 bits per heavy atom. The van der Waals surface area contributed by atoms with Gasteiger partial charge < -0.3 is 19.5 Å². The van der Waals surface area contributed by atoms with Gasteiger partial charge in [0.25, 0.3) is 5.91 Å². The molecule has 0 aliphatic carbocycles. The van der Waals surface area contributed by atoms with Gasteiger partial charge in [-0.25, -0.2) is 14.3 Å². The first-order chi connectivity index (χ1) is 15.9. The minimum Gasteiger partial charge on any atom is -0.486 e. The molecule has 2 aromatic carbocycles. The summed E-state index contributed by atoms with van der Waals surface area (Å²) < 4.78 is 17.6. The highest BCUT2D eigenvalue weighted by Gasteiger charge is 2.15. The van der Waals surface area contributed by atoms with Crippen LogP contribution in [0.2, 0.25) is 0 Å². The van der Waals surface area contributed by atoms with Gasteiger partial charge in [-0.15, -0.1) is 0 Å². The number of urea groups is 1. The van der Waals surface area contributed by atoms with Crippen LogP contribution in [0.15, 0.2) is 48.5 Å². The van der Waals surface area contributed by atoms with Crippen molar-refractivity contribution in [2.24, 2.45) is 0 Å². The van der Waals surface area contributed by atoms with Gasteiger partial charge in [0, 0.05) is 17.4 Å². The largest absolute Gasteiger partial charge is 0.486 e. The number of aromatic nitrogens is 2. The number of benzene rings is 2. The van der Waals surface area contributed by atoms with Gasteiger partial charge in [0.15, 0.2) is 18.1 Å². The Hall–Kier alpha value is -4.34. The normalized spacial score (nSPS) is 12.1. The highest BCUT2D eigenvalue weighted by Crippen LogP contribution is 2.32. The summed E-state index contributed by atoms with van der Waals surface area (Å²) in [5.41, 5.74) is 3.35. The molecule has 1 aliphatic heterocycles. The predicted octanol–water partition coefficient (Wildman–Crippen LogP) is 2.77. The number of nitrogens with zero attached hydrogens (tertiary/aromatic N) is 2. The highest BCUT2D eigenvalue weighted by atomic mass is 16.6. The molecule has 1 aromatic heterocycles. The monoisotopic (exact) mass is 450 g/mol. The number of rotatable bonds is 5. The topological polar surface area (TPSA) is 121 Å². The van der Waals surface area contributed by atoms with Crippen molar-refractivity contribution < 1.29 is 28.6 Å². The summed E-state index contributed by atoms with van der Waals surface area (Å²) in [7, 11) is 0. The molecule has 0 unspecified atom stereocenters. The summed E-state index contributed by atoms with van der Waals surface area (Å²) >= 11 is 0. The van der Waals surface area contributed by atoms with E-state index in [1.807, 2.05) is 19.9 Å². The minimum atomic E-state index is -0.766. The van der Waals surface area contributed by atoms with Gasteiger partial charge in [0.2, 0.25) is 0 Å². The molecule has 4 rings (SSSR count). The van der Waals surface area contributed by atoms with Crippen molar-refractivity contribution in [3.63, 3.8) is 0 Å². The van der Waals surface area contributed by atoms with E-state index in [4.69, 9.17) is 14.2 Å². The van der Waals surface area contributed by atoms with Crippen molar-refractivity contribution in [1.29, 1.82) is 0 Å². The molecule has 33 heavy (non-hydrogen) atoms. The molecule has 3 amide bonds. The van der Waals surface area contributed by atoms with E-state index < -0.39 is 24.5 Å². The van der Waals surface area contributed by atoms with Crippen molar-refractivity contribution in [2.75, 3.05) is 25.1 Å². The van der Waals surface area contributed by atoms with Crippen LogP contribution in [0.3, 0.4) is 0 Å². The van der Waals surface area contributed by atoms with Crippen LogP contribution in [-0.2, 0) is 9.53 Å². The summed E-state index contributed by atoms with van der Waals surface area (Å²) in [6, 6.07) is 12.7. The van der Waals surface area contributed by atoms with Crippen molar-refractivity contribution in [2.45, 2.75) is 13.8 Å². The highest BCUT2D eigenvalue weighted by molar-refractivity contribution is 6.02. The van der Waals surface area contributed by atoms with Crippen LogP contribution in [0.4, 0.5) is 10.5 Å². The predicted molar refractivity (Wildman–Crippen MR) is 118 cm³/mol. The Balaban J connectivity index is 1.26. The van der Waals surface area contributed by atoms with E-state index in [0.29, 0.717) is 30.4 Å². The second-order valence-electron chi connectivity index (χ2n) is 7.32. The van der Waals surface area contributed by atoms with Crippen molar-refractivity contribution in [3.8, 4) is 17.2 Å². The second kappa shape index (κ2) is 9.43. The maximum atomic E-state index is 12.2. The Morgan fingerprint density at radius 2 is 1.73 bits per heavy atom. The third-order valence-electron chi connectivity index (χ3n) is 4.74. The zero-order chi connectivity index (χ0) is 23.4. The second-order valence-corrected chi connectivity index (χ2v) is 7.32. The van der Waals surface area contributed by atoms with Gasteiger partial charge in [-0.1, -0.05) is 0 Å². The zero-order valence-electron chi connectivity index (χ0n) is 18.1. The molecule has 0 saturated carbocycles. The number of hydrogen-bond acceptors (Lipinski definition) is 7. The van der Waals surface area contributed by atoms with Crippen LogP contribution in [0, 0.1) is 13.8 Å². The molecular weight excluding hydrogens is 428 g/mol. The minimum absolute atomic E-state index is 0.272. The van der Waals surface area contributed by atoms with Gasteiger partial charge in [-0.3, -0.25) is 10.1 Å². The number of esters is 1. The molecule has 0 spiro atoms. The summed E-state index contributed by atoms with van der Waals surface area (Å²) in [6.45, 7) is 4.10. The standard InChI is InChI=1S/C23H22N4O6/c1-14-11-15(2)27(26-14)18-6-3-16(4-7-18)22(29)33-13-21(28)25-23(30)24-17-5-8-19-20(12-17)32-10-9-31-19/h3-8,11-12H,9-10,13H2,1-2H3,(H2,24,25,28,30). The average molecular weight is 450 g/mol. The number of nitrogens with one attached hydrogen (secondary N) is 2. The van der Waals surface area contributed by atoms with Crippen LogP contribution in [-0.4, -0.2) is 47.5 Å². The average Bonchev–Trinajstić information content (AvgIpc) is 3.15. The molecule has 3 aromatic rings. The third-order valence-corrected chi connectivity index (χ3v) is 4.74. The summed E-state index contributed by atoms with van der Waals surface area (Å²) in [6.07, 6.45) is 0. The smallest absolute Gasteiger partial charge is 0.338 e. The number of amides is 3. The zero-order valence-corrected chi connectivity index (χ0v) is 18.1. The molecule has 0 fully saturated rings. The summed E-state index contributed by atoms with van der Waals surface area (Å²) in [5, 5.41) is 9.01. The number of anilines is 1. The third kappa shape index (κ3) is 5.29. The van der Waals surface area contributed by atoms with E-state index >= 15 is 0 Å². The molecule has 2 heterocycles. The van der Waals surface area contributed by atoms with Crippen molar-refractivity contribution in [1.82, 2.24) is 15.1 Å². The number of imide groups is 1. The number of aryl methyl sites for hydroxylation is 2. The van der Waals surface area contributed by atoms with E-state index in [9.17, 15) is 14.4 Å². The van der Waals surface area contributed by atoms with Gasteiger partial charge in [0.1, 0.15) is 13.2 Å². The first kappa shape index (κ1) is 21.9. The number of carbonyl (C=O) groups excluding carboxylic acids is 3. The lowest BCUT2D eigenvalue weighted by atomic mass is 10.2. The van der Waals surface area contributed by atoms with Crippen molar-refractivity contribution in [3.05, 3.63) is 65.5 Å². The van der Waals surface area contributed by atoms with E-state index in [1.54, 1.807) is 47.1 Å². The molecule has 10 heteroatoms. The van der Waals surface area contributed by atoms with E-state index in [0.717, 1.165) is 17.1 Å². The Kier molecular flexibility index (Phi) is 6.25. The fraction of sp³-hybridized carbons (Fsp3) is 0.217. The quantitative estimate of drug-likeness (QED) is 0.574. The lowest BCUT2D eigenvalue weighted by Crippen LogP contribution is -2.37. The van der Waals surface area contributed by atoms with Crippen molar-refractivity contribution >= 4 is 23.6 Å². The summed E-state index contributed by atoms with van der Waals surface area (Å²) in [5.74, 6) is -0.365. The van der Waals surface area contributed by atoms with Crippen LogP contribution in [0.5, 0.6) is 11.5 Å². The van der Waals surface area contributed by atoms with Crippen LogP contribution in [0.25, 0.3) is 5.69 Å². The van der Waals surface area contributed by atoms with Crippen LogP contribution < -0.4 is 20.1 Å². The Morgan fingerprint density at radius 1 is 1.00 bits per heavy atom. The van der Waals surface area contributed by atoms with Gasteiger partial charge in [-0.05, 0) is 56.3 Å². The maximum absolute atomic E-state index is 12.2. The van der Waals surface area contributed by atoms with E-state index in [1.165, 1.54) is 0 Å². The molecule has 2 N–H and O–H groups in total. The van der Waals surface area contributed by atoms with E-state index in [-0.39, 0.29) is 5.56 Å². The van der Waals surface area contributed by atoms with Crippen LogP contribution in [0.1, 0.15) is 21.7 Å². The van der Waals surface area contributed by atoms with Gasteiger partial charge >= 0.3 is 12.0 Å². The number of carbonyl (C=O) groups is 3. The Bertz CT molecular complexity index is 1200. The Labute approximate surface area is 189 Å². The maximum Gasteiger partial charge on any atom is 0.338 e. The molecule has 10 nitrogen and oxygen atoms in total. The fourth-order valence-corrected chi connectivity index (χ4v) is 3.29. The summed E-state index contributed by atoms with van der Waals surface area (Å²) in [4.78, 5) is 36.3. The van der Waals surface area contributed by atoms with Crippen LogP contribution >= 0.6 is 0 Å². The molecule has 0 bridgehead atoms. The number of ether oxygens (including phenoxy) is 3. The van der Waals surface area contributed by atoms with Gasteiger partial charge in [-0.2, -0.15) is 5.10 Å². The lowest BCUT2D eigenvalue weighted by Gasteiger charge is -2.19. The SMILES string of the molecule is Cc1cc(C)n(-c2ccc(C(=O)OCC(=O)NC(=O)Nc3ccc4c(c3)OCCO4)cc2)n1. The molecule has 1 aliphatic rings. The molecule has 170 valence electrons. The molecule has 0 atom stereocenters. The molecule has 0 saturated heterocycles. The first-order valence-electron chi connectivity index (χ1n) is 10.2. The molecule has 0 radical (unpaired) electrons. The number of hydrogen-bond donors (Lipinski definition) is 2. The van der Waals surface area contributed by atoms with E-state index in [2.05, 4.69) is 15.7 Å². The van der Waals surface area contributed by atoms with Gasteiger partial charge in [0.05, 0.1) is 16.9 Å². The molecular formula is C23H22N4O6. The number of fused-ring (bicyclic) bond motifs is 1. The first-order valence-corrected chi connectivity index (χ1v) is 10.2. The fourth-order valence-electron chi connectivity index (χ4n) is 3.29. The lowest BCUT2D eigenvalue weighted by molar-refractivity contribution is -0.123.